The number of amides is 2. The van der Waals surface area contributed by atoms with Crippen LogP contribution in [0.3, 0.4) is 0 Å². The predicted molar refractivity (Wildman–Crippen MR) is 120 cm³/mol. The van der Waals surface area contributed by atoms with Gasteiger partial charge in [0.1, 0.15) is 0 Å². The van der Waals surface area contributed by atoms with Crippen molar-refractivity contribution in [2.45, 2.75) is 63.1 Å². The zero-order chi connectivity index (χ0) is 19.3. The number of benzene rings is 1. The van der Waals surface area contributed by atoms with E-state index >= 15 is 0 Å². The third-order valence-corrected chi connectivity index (χ3v) is 6.56. The fourth-order valence-corrected chi connectivity index (χ4v) is 5.03. The van der Waals surface area contributed by atoms with E-state index < -0.39 is 0 Å². The Hall–Kier alpha value is -1.89. The number of aryl methyl sites for hydroxylation is 1. The number of piperidine rings is 1. The molecule has 2 fully saturated rings. The zero-order valence-corrected chi connectivity index (χ0v) is 18.0. The van der Waals surface area contributed by atoms with E-state index in [1.807, 2.05) is 18.2 Å². The van der Waals surface area contributed by atoms with Gasteiger partial charge in [0.2, 0.25) is 5.91 Å². The molecule has 2 amide bonds. The first-order chi connectivity index (χ1) is 13.7. The number of carbonyl (C=O) groups is 2. The van der Waals surface area contributed by atoms with Crippen molar-refractivity contribution in [3.8, 4) is 0 Å². The van der Waals surface area contributed by atoms with Gasteiger partial charge in [-0.2, -0.15) is 0 Å². The second kappa shape index (κ2) is 10.2. The van der Waals surface area contributed by atoms with Crippen LogP contribution in [0.5, 0.6) is 0 Å². The molecule has 3 heterocycles. The van der Waals surface area contributed by atoms with Crippen LogP contribution < -0.4 is 16.0 Å². The number of fused-ring (bicyclic) bond motifs is 2. The highest BCUT2D eigenvalue weighted by molar-refractivity contribution is 7.09. The van der Waals surface area contributed by atoms with Crippen LogP contribution in [0.15, 0.2) is 41.8 Å². The Morgan fingerprint density at radius 2 is 1.90 bits per heavy atom. The van der Waals surface area contributed by atoms with Gasteiger partial charge in [0, 0.05) is 40.7 Å². The van der Waals surface area contributed by atoms with Crippen LogP contribution in [-0.4, -0.2) is 29.9 Å². The van der Waals surface area contributed by atoms with Crippen LogP contribution in [-0.2, 0) is 11.2 Å². The highest BCUT2D eigenvalue weighted by atomic mass is 35.5. The molecule has 1 aromatic heterocycles. The Bertz CT molecular complexity index is 815. The van der Waals surface area contributed by atoms with Crippen molar-refractivity contribution >= 4 is 41.2 Å². The summed E-state index contributed by atoms with van der Waals surface area (Å²) in [5, 5.41) is 11.7. The van der Waals surface area contributed by atoms with E-state index in [4.69, 9.17) is 0 Å². The van der Waals surface area contributed by atoms with Crippen molar-refractivity contribution in [3.63, 3.8) is 0 Å². The summed E-state index contributed by atoms with van der Waals surface area (Å²) in [7, 11) is 0. The van der Waals surface area contributed by atoms with E-state index in [2.05, 4.69) is 27.4 Å². The summed E-state index contributed by atoms with van der Waals surface area (Å²) in [4.78, 5) is 26.2. The lowest BCUT2D eigenvalue weighted by Gasteiger charge is -2.29. The minimum atomic E-state index is -0.0555. The average Bonchev–Trinajstić information content (AvgIpc) is 3.31. The summed E-state index contributed by atoms with van der Waals surface area (Å²) < 4.78 is 0. The van der Waals surface area contributed by atoms with Crippen molar-refractivity contribution in [2.75, 3.05) is 5.32 Å². The SMILES string of the molecule is Cl.O=C(CCCc1cccs1)Nc1cccc(C(=O)NC2CC3CCC(C2)N3)c1. The van der Waals surface area contributed by atoms with Gasteiger partial charge in [-0.15, -0.1) is 23.7 Å². The monoisotopic (exact) mass is 433 g/mol. The number of halogens is 1. The number of anilines is 1. The van der Waals surface area contributed by atoms with Crippen molar-refractivity contribution < 1.29 is 9.59 Å². The van der Waals surface area contributed by atoms with Crippen LogP contribution in [0.2, 0.25) is 0 Å². The Kier molecular flexibility index (Phi) is 7.70. The van der Waals surface area contributed by atoms with Gasteiger partial charge in [0.15, 0.2) is 0 Å². The molecule has 1 aromatic carbocycles. The van der Waals surface area contributed by atoms with Gasteiger partial charge in [-0.25, -0.2) is 0 Å². The maximum atomic E-state index is 12.6. The smallest absolute Gasteiger partial charge is 0.251 e. The van der Waals surface area contributed by atoms with Crippen molar-refractivity contribution in [1.82, 2.24) is 10.6 Å². The fraction of sp³-hybridized carbons (Fsp3) is 0.455. The van der Waals surface area contributed by atoms with Gasteiger partial charge < -0.3 is 16.0 Å². The molecule has 2 aliphatic rings. The van der Waals surface area contributed by atoms with Crippen LogP contribution in [0.1, 0.15) is 53.8 Å². The second-order valence-electron chi connectivity index (χ2n) is 7.84. The number of thiophene rings is 1. The first-order valence-corrected chi connectivity index (χ1v) is 11.0. The minimum Gasteiger partial charge on any atom is -0.349 e. The van der Waals surface area contributed by atoms with Crippen molar-refractivity contribution in [1.29, 1.82) is 0 Å². The van der Waals surface area contributed by atoms with Crippen LogP contribution in [0.4, 0.5) is 5.69 Å². The maximum Gasteiger partial charge on any atom is 0.251 e. The molecule has 0 spiro atoms. The second-order valence-corrected chi connectivity index (χ2v) is 8.87. The Labute approximate surface area is 182 Å². The summed E-state index contributed by atoms with van der Waals surface area (Å²) in [6.07, 6.45) is 6.66. The topological polar surface area (TPSA) is 70.2 Å². The minimum absolute atomic E-state index is 0. The molecule has 156 valence electrons. The molecule has 2 aromatic rings. The molecule has 0 saturated carbocycles. The van der Waals surface area contributed by atoms with Gasteiger partial charge in [-0.1, -0.05) is 12.1 Å². The van der Waals surface area contributed by atoms with Gasteiger partial charge >= 0.3 is 0 Å². The van der Waals surface area contributed by atoms with Crippen LogP contribution >= 0.6 is 23.7 Å². The van der Waals surface area contributed by atoms with E-state index in [-0.39, 0.29) is 30.3 Å². The molecule has 3 N–H and O–H groups in total. The summed E-state index contributed by atoms with van der Waals surface area (Å²) >= 11 is 1.72. The van der Waals surface area contributed by atoms with E-state index in [1.165, 1.54) is 17.7 Å². The number of nitrogens with one attached hydrogen (secondary N) is 3. The molecule has 0 aliphatic carbocycles. The summed E-state index contributed by atoms with van der Waals surface area (Å²) in [5.74, 6) is -0.0656. The molecular formula is C22H28ClN3O2S. The Morgan fingerprint density at radius 3 is 2.62 bits per heavy atom. The van der Waals surface area contributed by atoms with Crippen LogP contribution in [0, 0.1) is 0 Å². The fourth-order valence-electron chi connectivity index (χ4n) is 4.28. The number of hydrogen-bond donors (Lipinski definition) is 3. The largest absolute Gasteiger partial charge is 0.349 e. The van der Waals surface area contributed by atoms with Gasteiger partial charge in [-0.05, 0) is 68.2 Å². The molecule has 4 rings (SSSR count). The third kappa shape index (κ3) is 6.04. The van der Waals surface area contributed by atoms with Gasteiger partial charge in [0.05, 0.1) is 0 Å². The number of hydrogen-bond acceptors (Lipinski definition) is 4. The normalized spacial score (nSPS) is 22.6. The lowest BCUT2D eigenvalue weighted by atomic mass is 9.99. The van der Waals surface area contributed by atoms with E-state index in [0.717, 1.165) is 25.7 Å². The van der Waals surface area contributed by atoms with Crippen molar-refractivity contribution in [3.05, 3.63) is 52.2 Å². The lowest BCUT2D eigenvalue weighted by molar-refractivity contribution is -0.116. The Balaban J connectivity index is 0.00000240. The molecule has 7 heteroatoms. The zero-order valence-electron chi connectivity index (χ0n) is 16.4. The summed E-state index contributed by atoms with van der Waals surface area (Å²) in [5.41, 5.74) is 1.28. The molecule has 2 bridgehead atoms. The van der Waals surface area contributed by atoms with E-state index in [0.29, 0.717) is 29.8 Å². The highest BCUT2D eigenvalue weighted by Gasteiger charge is 2.34. The standard InChI is InChI=1S/C22H27N3O2S.ClH/c26-21(8-2-6-20-7-3-11-28-20)24-16-5-1-4-15(12-16)22(27)25-19-13-17-9-10-18(14-19)23-17;/h1,3-5,7,11-12,17-19,23H,2,6,8-10,13-14H2,(H,24,26)(H,25,27);1H. The lowest BCUT2D eigenvalue weighted by Crippen LogP contribution is -2.48. The average molecular weight is 434 g/mol. The van der Waals surface area contributed by atoms with Gasteiger partial charge in [0.25, 0.3) is 5.91 Å². The van der Waals surface area contributed by atoms with Crippen molar-refractivity contribution in [2.24, 2.45) is 0 Å². The van der Waals surface area contributed by atoms with E-state index in [9.17, 15) is 9.59 Å². The molecule has 29 heavy (non-hydrogen) atoms. The summed E-state index contributed by atoms with van der Waals surface area (Å²) in [6, 6.07) is 12.7. The highest BCUT2D eigenvalue weighted by Crippen LogP contribution is 2.27. The number of carbonyl (C=O) groups excluding carboxylic acids is 2. The molecule has 2 aliphatic heterocycles. The predicted octanol–water partition coefficient (Wildman–Crippen LogP) is 4.14. The first kappa shape index (κ1) is 21.8. The summed E-state index contributed by atoms with van der Waals surface area (Å²) in [6.45, 7) is 0. The molecule has 2 saturated heterocycles. The molecule has 2 atom stereocenters. The quantitative estimate of drug-likeness (QED) is 0.614. The van der Waals surface area contributed by atoms with E-state index in [1.54, 1.807) is 23.5 Å². The van der Waals surface area contributed by atoms with Gasteiger partial charge in [-0.3, -0.25) is 9.59 Å². The molecule has 5 nitrogen and oxygen atoms in total. The Morgan fingerprint density at radius 1 is 1.10 bits per heavy atom. The van der Waals surface area contributed by atoms with Crippen LogP contribution in [0.25, 0.3) is 0 Å². The molecule has 0 radical (unpaired) electrons. The third-order valence-electron chi connectivity index (χ3n) is 5.62. The molecule has 2 unspecified atom stereocenters. The maximum absolute atomic E-state index is 12.6. The molecular weight excluding hydrogens is 406 g/mol. The number of rotatable bonds is 7. The first-order valence-electron chi connectivity index (χ1n) is 10.1.